The molecule has 1 aliphatic heterocycles. The minimum atomic E-state index is 0.261. The molecule has 0 spiro atoms. The lowest BCUT2D eigenvalue weighted by atomic mass is 10.1. The fraction of sp³-hybridized carbons (Fsp3) is 0.652. The third-order valence-corrected chi connectivity index (χ3v) is 5.88. The Kier molecular flexibility index (Phi) is 8.35. The third kappa shape index (κ3) is 6.20. The molecule has 1 amide bonds. The Morgan fingerprint density at radius 3 is 2.66 bits per heavy atom. The number of nitrogens with one attached hydrogen (secondary N) is 2. The largest absolute Gasteiger partial charge is 0.377 e. The number of guanidine groups is 1. The van der Waals surface area contributed by atoms with Crippen LogP contribution < -0.4 is 10.6 Å². The summed E-state index contributed by atoms with van der Waals surface area (Å²) in [6.45, 7) is 8.46. The number of carbonyl (C=O) groups is 1. The van der Waals surface area contributed by atoms with Crippen molar-refractivity contribution in [1.29, 1.82) is 0 Å². The maximum Gasteiger partial charge on any atom is 0.225 e. The molecule has 0 aromatic heterocycles. The Hall–Kier alpha value is -2.08. The summed E-state index contributed by atoms with van der Waals surface area (Å²) in [6, 6.07) is 8.56. The van der Waals surface area contributed by atoms with Crippen LogP contribution in [-0.4, -0.2) is 49.0 Å². The Morgan fingerprint density at radius 2 is 1.93 bits per heavy atom. The number of hydrogen-bond acceptors (Lipinski definition) is 3. The highest BCUT2D eigenvalue weighted by molar-refractivity contribution is 5.81. The van der Waals surface area contributed by atoms with E-state index in [1.807, 2.05) is 19.1 Å². The van der Waals surface area contributed by atoms with Gasteiger partial charge in [-0.3, -0.25) is 4.79 Å². The predicted molar refractivity (Wildman–Crippen MR) is 117 cm³/mol. The third-order valence-electron chi connectivity index (χ3n) is 5.88. The molecule has 29 heavy (non-hydrogen) atoms. The van der Waals surface area contributed by atoms with Crippen LogP contribution in [0.2, 0.25) is 0 Å². The van der Waals surface area contributed by atoms with Crippen molar-refractivity contribution in [2.24, 2.45) is 10.9 Å². The van der Waals surface area contributed by atoms with Gasteiger partial charge in [0.05, 0.1) is 13.2 Å². The van der Waals surface area contributed by atoms with Crippen LogP contribution >= 0.6 is 0 Å². The molecule has 6 nitrogen and oxygen atoms in total. The number of likely N-dealkylation sites (tertiary alicyclic amines) is 1. The molecule has 2 aliphatic rings. The van der Waals surface area contributed by atoms with Crippen molar-refractivity contribution in [2.75, 3.05) is 26.2 Å². The number of rotatable bonds is 8. The van der Waals surface area contributed by atoms with E-state index in [1.54, 1.807) is 0 Å². The van der Waals surface area contributed by atoms with Crippen LogP contribution in [0.5, 0.6) is 0 Å². The first-order chi connectivity index (χ1) is 14.2. The van der Waals surface area contributed by atoms with E-state index >= 15 is 0 Å². The molecule has 0 bridgehead atoms. The Labute approximate surface area is 175 Å². The Morgan fingerprint density at radius 1 is 1.17 bits per heavy atom. The topological polar surface area (TPSA) is 66.0 Å². The minimum Gasteiger partial charge on any atom is -0.377 e. The molecule has 1 aromatic rings. The van der Waals surface area contributed by atoms with Crippen LogP contribution in [-0.2, 0) is 22.7 Å². The summed E-state index contributed by atoms with van der Waals surface area (Å²) in [4.78, 5) is 19.5. The zero-order valence-electron chi connectivity index (χ0n) is 18.0. The zero-order valence-corrected chi connectivity index (χ0v) is 18.0. The van der Waals surface area contributed by atoms with E-state index in [-0.39, 0.29) is 12.0 Å². The lowest BCUT2D eigenvalue weighted by molar-refractivity contribution is -0.134. The average molecular weight is 401 g/mol. The van der Waals surface area contributed by atoms with Crippen LogP contribution in [0, 0.1) is 5.92 Å². The highest BCUT2D eigenvalue weighted by Gasteiger charge is 2.32. The maximum atomic E-state index is 12.7. The van der Waals surface area contributed by atoms with Crippen molar-refractivity contribution in [3.63, 3.8) is 0 Å². The van der Waals surface area contributed by atoms with Crippen LogP contribution in [0.3, 0.4) is 0 Å². The van der Waals surface area contributed by atoms with Crippen molar-refractivity contribution in [2.45, 2.75) is 65.1 Å². The summed E-state index contributed by atoms with van der Waals surface area (Å²) < 4.78 is 5.58. The van der Waals surface area contributed by atoms with Crippen LogP contribution in [0.15, 0.2) is 29.3 Å². The molecule has 0 radical (unpaired) electrons. The second kappa shape index (κ2) is 11.2. The maximum absolute atomic E-state index is 12.7. The van der Waals surface area contributed by atoms with Crippen LogP contribution in [0.1, 0.15) is 57.1 Å². The van der Waals surface area contributed by atoms with E-state index in [2.05, 4.69) is 34.6 Å². The van der Waals surface area contributed by atoms with E-state index in [0.717, 1.165) is 44.9 Å². The lowest BCUT2D eigenvalue weighted by Gasteiger charge is -2.21. The normalized spacial score (nSPS) is 20.3. The Balaban J connectivity index is 1.57. The monoisotopic (exact) mass is 400 g/mol. The van der Waals surface area contributed by atoms with Gasteiger partial charge in [0.2, 0.25) is 5.91 Å². The molecule has 6 heteroatoms. The van der Waals surface area contributed by atoms with Gasteiger partial charge in [0, 0.05) is 38.2 Å². The number of nitrogens with zero attached hydrogens (tertiary/aromatic N) is 2. The first kappa shape index (κ1) is 21.6. The molecule has 3 rings (SSSR count). The molecule has 160 valence electrons. The molecule has 1 aliphatic carbocycles. The number of hydrogen-bond donors (Lipinski definition) is 2. The van der Waals surface area contributed by atoms with Crippen molar-refractivity contribution in [3.8, 4) is 0 Å². The SMILES string of the molecule is CCNC(=NCc1ccccc1COCC)NC1CCN(C(=O)C2CCCC2)C1. The smallest absolute Gasteiger partial charge is 0.225 e. The van der Waals surface area contributed by atoms with Crippen molar-refractivity contribution >= 4 is 11.9 Å². The van der Waals surface area contributed by atoms with Crippen LogP contribution in [0.4, 0.5) is 0 Å². The van der Waals surface area contributed by atoms with Gasteiger partial charge in [0.25, 0.3) is 0 Å². The summed E-state index contributed by atoms with van der Waals surface area (Å²) in [5, 5.41) is 6.88. The van der Waals surface area contributed by atoms with Gasteiger partial charge in [-0.15, -0.1) is 0 Å². The summed E-state index contributed by atoms with van der Waals surface area (Å²) in [6.07, 6.45) is 5.52. The van der Waals surface area contributed by atoms with Gasteiger partial charge in [0.15, 0.2) is 5.96 Å². The van der Waals surface area contributed by atoms with Crippen molar-refractivity contribution in [1.82, 2.24) is 15.5 Å². The quantitative estimate of drug-likeness (QED) is 0.520. The summed E-state index contributed by atoms with van der Waals surface area (Å²) >= 11 is 0. The lowest BCUT2D eigenvalue weighted by Crippen LogP contribution is -2.45. The Bertz CT molecular complexity index is 685. The van der Waals surface area contributed by atoms with E-state index in [1.165, 1.54) is 24.0 Å². The standard InChI is InChI=1S/C23H36N4O2/c1-3-24-23(25-15-19-11-7-8-12-20(19)17-29-4-2)26-21-13-14-27(16-21)22(28)18-9-5-6-10-18/h7-8,11-12,18,21H,3-6,9-10,13-17H2,1-2H3,(H2,24,25,26). The molecule has 1 unspecified atom stereocenters. The highest BCUT2D eigenvalue weighted by atomic mass is 16.5. The summed E-state index contributed by atoms with van der Waals surface area (Å²) in [5.41, 5.74) is 2.37. The van der Waals surface area contributed by atoms with E-state index < -0.39 is 0 Å². The molecular weight excluding hydrogens is 364 g/mol. The number of amides is 1. The molecule has 2 N–H and O–H groups in total. The van der Waals surface area contributed by atoms with Gasteiger partial charge in [-0.05, 0) is 44.2 Å². The fourth-order valence-electron chi connectivity index (χ4n) is 4.25. The second-order valence-electron chi connectivity index (χ2n) is 8.00. The van der Waals surface area contributed by atoms with Crippen molar-refractivity contribution < 1.29 is 9.53 Å². The predicted octanol–water partition coefficient (Wildman–Crippen LogP) is 3.07. The molecular formula is C23H36N4O2. The van der Waals surface area contributed by atoms with E-state index in [4.69, 9.17) is 9.73 Å². The van der Waals surface area contributed by atoms with Gasteiger partial charge < -0.3 is 20.3 Å². The van der Waals surface area contributed by atoms with E-state index in [9.17, 15) is 4.79 Å². The van der Waals surface area contributed by atoms with Gasteiger partial charge in [-0.2, -0.15) is 0 Å². The number of aliphatic imine (C=N–C) groups is 1. The van der Waals surface area contributed by atoms with Gasteiger partial charge >= 0.3 is 0 Å². The number of benzene rings is 1. The number of carbonyl (C=O) groups excluding carboxylic acids is 1. The van der Waals surface area contributed by atoms with Gasteiger partial charge in [-0.25, -0.2) is 4.99 Å². The minimum absolute atomic E-state index is 0.261. The van der Waals surface area contributed by atoms with Crippen LogP contribution in [0.25, 0.3) is 0 Å². The first-order valence-corrected chi connectivity index (χ1v) is 11.2. The summed E-state index contributed by atoms with van der Waals surface area (Å²) in [7, 11) is 0. The van der Waals surface area contributed by atoms with E-state index in [0.29, 0.717) is 25.7 Å². The number of ether oxygens (including phenoxy) is 1. The summed E-state index contributed by atoms with van der Waals surface area (Å²) in [5.74, 6) is 1.44. The molecule has 1 aromatic carbocycles. The second-order valence-corrected chi connectivity index (χ2v) is 8.00. The average Bonchev–Trinajstić information content (AvgIpc) is 3.43. The zero-order chi connectivity index (χ0) is 20.5. The first-order valence-electron chi connectivity index (χ1n) is 11.2. The molecule has 2 fully saturated rings. The molecule has 1 saturated carbocycles. The van der Waals surface area contributed by atoms with Crippen molar-refractivity contribution in [3.05, 3.63) is 35.4 Å². The van der Waals surface area contributed by atoms with Gasteiger partial charge in [-0.1, -0.05) is 37.1 Å². The molecule has 1 heterocycles. The highest BCUT2D eigenvalue weighted by Crippen LogP contribution is 2.27. The van der Waals surface area contributed by atoms with Gasteiger partial charge in [0.1, 0.15) is 0 Å². The molecule has 1 atom stereocenters. The molecule has 1 saturated heterocycles. The fourth-order valence-corrected chi connectivity index (χ4v) is 4.25.